The van der Waals surface area contributed by atoms with E-state index in [1.165, 1.54) is 25.7 Å². The third kappa shape index (κ3) is 2.10. The number of aryl methyl sites for hydroxylation is 1. The summed E-state index contributed by atoms with van der Waals surface area (Å²) in [6.45, 7) is 5.22. The number of hydrogen-bond acceptors (Lipinski definition) is 5. The summed E-state index contributed by atoms with van der Waals surface area (Å²) in [5.41, 5.74) is 1.61. The Morgan fingerprint density at radius 2 is 2.23 bits per heavy atom. The largest absolute Gasteiger partial charge is 0.339 e. The number of aromatic nitrogens is 6. The van der Waals surface area contributed by atoms with E-state index in [0.29, 0.717) is 12.0 Å². The van der Waals surface area contributed by atoms with E-state index in [0.717, 1.165) is 30.6 Å². The van der Waals surface area contributed by atoms with Gasteiger partial charge in [-0.05, 0) is 47.1 Å². The molecule has 7 heteroatoms. The molecule has 1 atom stereocenters. The Bertz CT molecular complexity index is 654. The fourth-order valence-electron chi connectivity index (χ4n) is 3.96. The Morgan fingerprint density at radius 3 is 2.91 bits per heavy atom. The van der Waals surface area contributed by atoms with Gasteiger partial charge in [-0.15, -0.1) is 0 Å². The summed E-state index contributed by atoms with van der Waals surface area (Å²) in [6, 6.07) is 2.01. The molecule has 0 N–H and O–H groups in total. The zero-order chi connectivity index (χ0) is 15.2. The van der Waals surface area contributed by atoms with E-state index in [1.54, 1.807) is 0 Å². The second-order valence-corrected chi connectivity index (χ2v) is 6.91. The molecule has 1 saturated heterocycles. The monoisotopic (exact) mass is 301 g/mol. The third-order valence-electron chi connectivity index (χ3n) is 5.76. The quantitative estimate of drug-likeness (QED) is 0.859. The van der Waals surface area contributed by atoms with Gasteiger partial charge in [-0.25, -0.2) is 4.68 Å². The van der Waals surface area contributed by atoms with Crippen LogP contribution in [-0.4, -0.2) is 43.1 Å². The summed E-state index contributed by atoms with van der Waals surface area (Å²) in [7, 11) is 1.95. The molecule has 1 aliphatic carbocycles. The van der Waals surface area contributed by atoms with Gasteiger partial charge in [0.2, 0.25) is 5.95 Å². The topological polar surface area (TPSA) is 64.7 Å². The fourth-order valence-corrected chi connectivity index (χ4v) is 3.96. The zero-order valence-electron chi connectivity index (χ0n) is 13.3. The van der Waals surface area contributed by atoms with Crippen molar-refractivity contribution in [2.75, 3.05) is 18.0 Å². The van der Waals surface area contributed by atoms with Crippen LogP contribution in [0.2, 0.25) is 0 Å². The highest BCUT2D eigenvalue weighted by atomic mass is 15.6. The molecule has 1 spiro atoms. The lowest BCUT2D eigenvalue weighted by Gasteiger charge is -2.53. The van der Waals surface area contributed by atoms with Crippen LogP contribution in [0.15, 0.2) is 12.3 Å². The van der Waals surface area contributed by atoms with Gasteiger partial charge in [0.05, 0.1) is 12.2 Å². The van der Waals surface area contributed by atoms with E-state index in [2.05, 4.69) is 32.4 Å². The molecule has 118 valence electrons. The first kappa shape index (κ1) is 13.7. The maximum Gasteiger partial charge on any atom is 0.245 e. The normalized spacial score (nSPS) is 23.7. The fraction of sp³-hybridized carbons (Fsp3) is 0.733. The van der Waals surface area contributed by atoms with Crippen molar-refractivity contribution in [1.82, 2.24) is 30.0 Å². The summed E-state index contributed by atoms with van der Waals surface area (Å²) in [4.78, 5) is 2.38. The Labute approximate surface area is 130 Å². The van der Waals surface area contributed by atoms with Crippen LogP contribution in [0.3, 0.4) is 0 Å². The van der Waals surface area contributed by atoms with E-state index in [-0.39, 0.29) is 0 Å². The van der Waals surface area contributed by atoms with Crippen LogP contribution in [0.1, 0.15) is 38.3 Å². The van der Waals surface area contributed by atoms with Crippen LogP contribution < -0.4 is 4.90 Å². The van der Waals surface area contributed by atoms with Crippen LogP contribution in [0.5, 0.6) is 0 Å². The number of piperidine rings is 1. The predicted molar refractivity (Wildman–Crippen MR) is 82.4 cm³/mol. The van der Waals surface area contributed by atoms with Crippen LogP contribution >= 0.6 is 0 Å². The van der Waals surface area contributed by atoms with Gasteiger partial charge < -0.3 is 4.90 Å². The Hall–Kier alpha value is -1.92. The molecule has 0 bridgehead atoms. The summed E-state index contributed by atoms with van der Waals surface area (Å²) in [5, 5.41) is 16.6. The SMILES string of the molecule is CC1CCN(c2nnnn2Cc2ccnn2C)CC12CCC2. The lowest BCUT2D eigenvalue weighted by atomic mass is 9.59. The summed E-state index contributed by atoms with van der Waals surface area (Å²) in [5.74, 6) is 1.72. The second kappa shape index (κ2) is 5.07. The van der Waals surface area contributed by atoms with Crippen molar-refractivity contribution in [2.45, 2.75) is 39.2 Å². The summed E-state index contributed by atoms with van der Waals surface area (Å²) < 4.78 is 3.77. The molecule has 1 aliphatic heterocycles. The molecule has 1 saturated carbocycles. The molecule has 0 amide bonds. The van der Waals surface area contributed by atoms with Gasteiger partial charge in [0.25, 0.3) is 0 Å². The van der Waals surface area contributed by atoms with Gasteiger partial charge in [-0.1, -0.05) is 18.4 Å². The highest BCUT2D eigenvalue weighted by Gasteiger charge is 2.46. The van der Waals surface area contributed by atoms with Crippen molar-refractivity contribution >= 4 is 5.95 Å². The molecular weight excluding hydrogens is 278 g/mol. The molecule has 2 fully saturated rings. The van der Waals surface area contributed by atoms with E-state index in [1.807, 2.05) is 28.7 Å². The average molecular weight is 301 g/mol. The Balaban J connectivity index is 1.56. The minimum atomic E-state index is 0.502. The van der Waals surface area contributed by atoms with Gasteiger partial charge >= 0.3 is 0 Å². The zero-order valence-corrected chi connectivity index (χ0v) is 13.3. The lowest BCUT2D eigenvalue weighted by molar-refractivity contribution is 0.0439. The highest BCUT2D eigenvalue weighted by Crippen LogP contribution is 2.51. The van der Waals surface area contributed by atoms with Crippen LogP contribution in [0.4, 0.5) is 5.95 Å². The van der Waals surface area contributed by atoms with E-state index in [4.69, 9.17) is 0 Å². The summed E-state index contributed by atoms with van der Waals surface area (Å²) >= 11 is 0. The van der Waals surface area contributed by atoms with Crippen molar-refractivity contribution in [3.05, 3.63) is 18.0 Å². The van der Waals surface area contributed by atoms with Crippen molar-refractivity contribution in [2.24, 2.45) is 18.4 Å². The van der Waals surface area contributed by atoms with Crippen molar-refractivity contribution < 1.29 is 0 Å². The molecule has 2 aromatic rings. The minimum absolute atomic E-state index is 0.502. The van der Waals surface area contributed by atoms with E-state index >= 15 is 0 Å². The number of tetrazole rings is 1. The van der Waals surface area contributed by atoms with Crippen molar-refractivity contribution in [3.8, 4) is 0 Å². The number of hydrogen-bond donors (Lipinski definition) is 0. The molecule has 2 aliphatic rings. The second-order valence-electron chi connectivity index (χ2n) is 6.91. The molecule has 2 aromatic heterocycles. The first-order valence-electron chi connectivity index (χ1n) is 8.16. The maximum atomic E-state index is 4.30. The van der Waals surface area contributed by atoms with Crippen LogP contribution in [-0.2, 0) is 13.6 Å². The lowest BCUT2D eigenvalue weighted by Crippen LogP contribution is -2.52. The van der Waals surface area contributed by atoms with Gasteiger partial charge in [0, 0.05) is 26.3 Å². The average Bonchev–Trinajstić information content (AvgIpc) is 3.08. The summed E-state index contributed by atoms with van der Waals surface area (Å²) in [6.07, 6.45) is 7.13. The number of rotatable bonds is 3. The van der Waals surface area contributed by atoms with Crippen LogP contribution in [0.25, 0.3) is 0 Å². The Kier molecular flexibility index (Phi) is 3.16. The predicted octanol–water partition coefficient (Wildman–Crippen LogP) is 1.47. The molecule has 0 aromatic carbocycles. The molecular formula is C15H23N7. The molecule has 3 heterocycles. The molecule has 22 heavy (non-hydrogen) atoms. The Morgan fingerprint density at radius 1 is 1.36 bits per heavy atom. The molecule has 4 rings (SSSR count). The smallest absolute Gasteiger partial charge is 0.245 e. The minimum Gasteiger partial charge on any atom is -0.339 e. The van der Waals surface area contributed by atoms with Gasteiger partial charge in [-0.3, -0.25) is 4.68 Å². The first-order valence-corrected chi connectivity index (χ1v) is 8.16. The standard InChI is InChI=1S/C15H23N7/c1-12-5-9-21(11-15(12)6-3-7-15)14-17-18-19-22(14)10-13-4-8-16-20(13)2/h4,8,12H,3,5-7,9-11H2,1-2H3. The first-order chi connectivity index (χ1) is 10.7. The molecule has 0 radical (unpaired) electrons. The number of nitrogens with zero attached hydrogens (tertiary/aromatic N) is 7. The molecule has 1 unspecified atom stereocenters. The van der Waals surface area contributed by atoms with E-state index < -0.39 is 0 Å². The third-order valence-corrected chi connectivity index (χ3v) is 5.76. The molecule has 7 nitrogen and oxygen atoms in total. The van der Waals surface area contributed by atoms with Crippen molar-refractivity contribution in [1.29, 1.82) is 0 Å². The van der Waals surface area contributed by atoms with Crippen LogP contribution in [0, 0.1) is 11.3 Å². The van der Waals surface area contributed by atoms with Gasteiger partial charge in [0.15, 0.2) is 0 Å². The van der Waals surface area contributed by atoms with Crippen molar-refractivity contribution in [3.63, 3.8) is 0 Å². The number of anilines is 1. The van der Waals surface area contributed by atoms with Gasteiger partial charge in [-0.2, -0.15) is 5.10 Å². The van der Waals surface area contributed by atoms with Gasteiger partial charge in [0.1, 0.15) is 0 Å². The highest BCUT2D eigenvalue weighted by molar-refractivity contribution is 5.31. The maximum absolute atomic E-state index is 4.30. The van der Waals surface area contributed by atoms with E-state index in [9.17, 15) is 0 Å².